The number of rotatable bonds is 6. The van der Waals surface area contributed by atoms with Crippen molar-refractivity contribution in [1.82, 2.24) is 10.2 Å². The van der Waals surface area contributed by atoms with Crippen LogP contribution in [0.5, 0.6) is 0 Å². The van der Waals surface area contributed by atoms with Gasteiger partial charge in [-0.3, -0.25) is 9.63 Å². The monoisotopic (exact) mass is 355 g/mol. The maximum Gasteiger partial charge on any atom is 0.410 e. The Hall–Kier alpha value is -2.90. The highest BCUT2D eigenvalue weighted by molar-refractivity contribution is 5.80. The van der Waals surface area contributed by atoms with E-state index >= 15 is 0 Å². The Labute approximate surface area is 151 Å². The summed E-state index contributed by atoms with van der Waals surface area (Å²) in [6.45, 7) is 0.376. The van der Waals surface area contributed by atoms with Gasteiger partial charge in [-0.15, -0.1) is 0 Å². The van der Waals surface area contributed by atoms with Gasteiger partial charge in [0.05, 0.1) is 0 Å². The van der Waals surface area contributed by atoms with Crippen LogP contribution in [0.3, 0.4) is 0 Å². The fraction of sp³-hybridized carbons (Fsp3) is 0.263. The van der Waals surface area contributed by atoms with Gasteiger partial charge in [0, 0.05) is 31.3 Å². The molecule has 3 rings (SSSR count). The van der Waals surface area contributed by atoms with Crippen molar-refractivity contribution in [2.75, 3.05) is 26.7 Å². The molecule has 0 atom stereocenters. The molecular weight excluding hydrogens is 334 g/mol. The summed E-state index contributed by atoms with van der Waals surface area (Å²) >= 11 is 0. The predicted molar refractivity (Wildman–Crippen MR) is 96.0 cm³/mol. The van der Waals surface area contributed by atoms with Crippen molar-refractivity contribution in [1.29, 1.82) is 0 Å². The van der Waals surface area contributed by atoms with E-state index in [1.807, 2.05) is 48.5 Å². The molecule has 2 aromatic rings. The Morgan fingerprint density at radius 3 is 2.23 bits per heavy atom. The second-order valence-electron chi connectivity index (χ2n) is 6.02. The highest BCUT2D eigenvalue weighted by atomic mass is 16.6. The summed E-state index contributed by atoms with van der Waals surface area (Å²) in [6, 6.07) is 15.8. The lowest BCUT2D eigenvalue weighted by atomic mass is 10.1. The lowest BCUT2D eigenvalue weighted by Gasteiger charge is -2.21. The highest BCUT2D eigenvalue weighted by Crippen LogP contribution is 2.45. The molecule has 0 aliphatic heterocycles. The molecule has 0 heterocycles. The number of likely N-dealkylation sites (N-methyl/N-ethyl adjacent to an activating group) is 1. The fourth-order valence-electron chi connectivity index (χ4n) is 3.01. The van der Waals surface area contributed by atoms with E-state index in [0.717, 1.165) is 22.3 Å². The van der Waals surface area contributed by atoms with Crippen molar-refractivity contribution < 1.29 is 19.2 Å². The molecule has 0 aromatic heterocycles. The molecule has 0 saturated carbocycles. The smallest absolute Gasteiger partial charge is 0.410 e. The van der Waals surface area contributed by atoms with Gasteiger partial charge in [0.2, 0.25) is 5.91 Å². The topological polar surface area (TPSA) is 93.9 Å². The van der Waals surface area contributed by atoms with Crippen LogP contribution in [-0.4, -0.2) is 43.6 Å². The number of nitrogens with one attached hydrogen (secondary N) is 1. The van der Waals surface area contributed by atoms with Crippen LogP contribution < -0.4 is 11.2 Å². The van der Waals surface area contributed by atoms with Gasteiger partial charge in [-0.1, -0.05) is 48.5 Å². The van der Waals surface area contributed by atoms with Gasteiger partial charge < -0.3 is 15.0 Å². The number of nitrogens with two attached hydrogens (primary N) is 1. The maximum absolute atomic E-state index is 12.5. The van der Waals surface area contributed by atoms with E-state index < -0.39 is 12.2 Å². The third-order valence-electron chi connectivity index (χ3n) is 4.29. The molecule has 7 nitrogen and oxygen atoms in total. The van der Waals surface area contributed by atoms with E-state index in [9.17, 15) is 9.59 Å². The average Bonchev–Trinajstić information content (AvgIpc) is 2.96. The molecule has 0 bridgehead atoms. The molecule has 1 aliphatic rings. The van der Waals surface area contributed by atoms with Gasteiger partial charge in [-0.05, 0) is 11.1 Å². The first-order valence-corrected chi connectivity index (χ1v) is 8.30. The molecule has 7 heteroatoms. The number of hydrogen-bond donors (Lipinski definition) is 2. The molecule has 26 heavy (non-hydrogen) atoms. The Morgan fingerprint density at radius 1 is 1.08 bits per heavy atom. The van der Waals surface area contributed by atoms with Crippen molar-refractivity contribution >= 4 is 12.0 Å². The minimum absolute atomic E-state index is 0.218. The number of hydrogen-bond acceptors (Lipinski definition) is 5. The first kappa shape index (κ1) is 17.9. The van der Waals surface area contributed by atoms with E-state index in [-0.39, 0.29) is 19.1 Å². The number of benzene rings is 2. The van der Waals surface area contributed by atoms with Gasteiger partial charge in [0.1, 0.15) is 6.61 Å². The third kappa shape index (κ3) is 3.68. The van der Waals surface area contributed by atoms with Gasteiger partial charge in [0.15, 0.2) is 6.10 Å². The minimum Gasteiger partial charge on any atom is -0.436 e. The van der Waals surface area contributed by atoms with E-state index in [4.69, 9.17) is 10.6 Å². The van der Waals surface area contributed by atoms with E-state index in [1.165, 1.54) is 4.90 Å². The molecule has 0 spiro atoms. The normalized spacial score (nSPS) is 12.2. The molecule has 0 saturated heterocycles. The maximum atomic E-state index is 12.5. The Morgan fingerprint density at radius 2 is 1.65 bits per heavy atom. The Balaban J connectivity index is 1.65. The second-order valence-corrected chi connectivity index (χ2v) is 6.02. The Bertz CT molecular complexity index is 763. The zero-order valence-corrected chi connectivity index (χ0v) is 14.5. The van der Waals surface area contributed by atoms with Crippen LogP contribution in [0.4, 0.5) is 4.79 Å². The van der Waals surface area contributed by atoms with Crippen molar-refractivity contribution in [3.05, 3.63) is 59.7 Å². The van der Waals surface area contributed by atoms with Crippen molar-refractivity contribution in [2.24, 2.45) is 5.90 Å². The van der Waals surface area contributed by atoms with Gasteiger partial charge in [-0.2, -0.15) is 0 Å². The molecule has 136 valence electrons. The molecular formula is C19H21N3O4. The first-order chi connectivity index (χ1) is 12.6. The quantitative estimate of drug-likeness (QED) is 0.771. The lowest BCUT2D eigenvalue weighted by Crippen LogP contribution is -2.38. The lowest BCUT2D eigenvalue weighted by molar-refractivity contribution is -0.125. The zero-order chi connectivity index (χ0) is 18.5. The largest absolute Gasteiger partial charge is 0.436 e. The molecule has 3 N–H and O–H groups in total. The summed E-state index contributed by atoms with van der Waals surface area (Å²) in [5, 5.41) is 2.60. The summed E-state index contributed by atoms with van der Waals surface area (Å²) in [5.74, 6) is 4.49. The summed E-state index contributed by atoms with van der Waals surface area (Å²) in [7, 11) is 1.63. The highest BCUT2D eigenvalue weighted by Gasteiger charge is 2.31. The first-order valence-electron chi connectivity index (χ1n) is 8.30. The SMILES string of the molecule is CN(CCNC(=O)CON)C(=O)OC1c2ccccc2-c2ccccc21. The molecule has 2 aromatic carbocycles. The van der Waals surface area contributed by atoms with Crippen LogP contribution in [0.25, 0.3) is 11.1 Å². The summed E-state index contributed by atoms with van der Waals surface area (Å²) < 4.78 is 5.76. The standard InChI is InChI=1S/C19H21N3O4/c1-22(11-10-21-17(23)12-25-20)19(24)26-18-15-8-4-2-6-13(15)14-7-3-5-9-16(14)18/h2-9,18H,10-12,20H2,1H3,(H,21,23). The van der Waals surface area contributed by atoms with Crippen molar-refractivity contribution in [3.63, 3.8) is 0 Å². The summed E-state index contributed by atoms with van der Waals surface area (Å²) in [5.41, 5.74) is 4.11. The minimum atomic E-state index is -0.453. The molecule has 0 radical (unpaired) electrons. The van der Waals surface area contributed by atoms with Gasteiger partial charge in [-0.25, -0.2) is 10.7 Å². The molecule has 1 aliphatic carbocycles. The van der Waals surface area contributed by atoms with Crippen molar-refractivity contribution in [3.8, 4) is 11.1 Å². The third-order valence-corrected chi connectivity index (χ3v) is 4.29. The molecule has 0 fully saturated rings. The van der Waals surface area contributed by atoms with Crippen LogP contribution >= 0.6 is 0 Å². The van der Waals surface area contributed by atoms with E-state index in [1.54, 1.807) is 7.05 Å². The molecule has 0 unspecified atom stereocenters. The van der Waals surface area contributed by atoms with E-state index in [2.05, 4.69) is 10.2 Å². The van der Waals surface area contributed by atoms with Crippen LogP contribution in [0.1, 0.15) is 17.2 Å². The van der Waals surface area contributed by atoms with Gasteiger partial charge >= 0.3 is 6.09 Å². The average molecular weight is 355 g/mol. The van der Waals surface area contributed by atoms with Crippen molar-refractivity contribution in [2.45, 2.75) is 6.10 Å². The van der Waals surface area contributed by atoms with Crippen LogP contribution in [0, 0.1) is 0 Å². The second kappa shape index (κ2) is 7.99. The molecule has 2 amide bonds. The van der Waals surface area contributed by atoms with E-state index in [0.29, 0.717) is 6.54 Å². The van der Waals surface area contributed by atoms with Crippen LogP contribution in [-0.2, 0) is 14.4 Å². The predicted octanol–water partition coefficient (Wildman–Crippen LogP) is 1.83. The van der Waals surface area contributed by atoms with Crippen LogP contribution in [0.15, 0.2) is 48.5 Å². The van der Waals surface area contributed by atoms with Gasteiger partial charge in [0.25, 0.3) is 0 Å². The number of fused-ring (bicyclic) bond motifs is 3. The number of amides is 2. The zero-order valence-electron chi connectivity index (χ0n) is 14.5. The fourth-order valence-corrected chi connectivity index (χ4v) is 3.01. The number of ether oxygens (including phenoxy) is 1. The number of carbonyl (C=O) groups is 2. The summed E-state index contributed by atoms with van der Waals surface area (Å²) in [6.07, 6.45) is -0.886. The Kier molecular flexibility index (Phi) is 5.50. The van der Waals surface area contributed by atoms with Crippen LogP contribution in [0.2, 0.25) is 0 Å². The number of carbonyl (C=O) groups excluding carboxylic acids is 2. The number of nitrogens with zero attached hydrogens (tertiary/aromatic N) is 1. The summed E-state index contributed by atoms with van der Waals surface area (Å²) in [4.78, 5) is 29.4.